The van der Waals surface area contributed by atoms with E-state index < -0.39 is 16.1 Å². The topological polar surface area (TPSA) is 54.5 Å². The van der Waals surface area contributed by atoms with Gasteiger partial charge in [-0.1, -0.05) is 36.4 Å². The van der Waals surface area contributed by atoms with Crippen molar-refractivity contribution in [2.45, 2.75) is 12.0 Å². The highest BCUT2D eigenvalue weighted by molar-refractivity contribution is 7.88. The van der Waals surface area contributed by atoms with Crippen LogP contribution in [0.25, 0.3) is 0 Å². The summed E-state index contributed by atoms with van der Waals surface area (Å²) in [6, 6.07) is 10.5. The van der Waals surface area contributed by atoms with E-state index in [1.54, 1.807) is 17.5 Å². The van der Waals surface area contributed by atoms with Crippen molar-refractivity contribution in [1.29, 1.82) is 0 Å². The molecular formula is C16H15NO3S2. The molecule has 2 atom stereocenters. The summed E-state index contributed by atoms with van der Waals surface area (Å²) in [5, 5.41) is 3.57. The zero-order chi connectivity index (χ0) is 15.7. The van der Waals surface area contributed by atoms with E-state index in [9.17, 15) is 13.2 Å². The highest BCUT2D eigenvalue weighted by Crippen LogP contribution is 2.34. The third-order valence-corrected chi connectivity index (χ3v) is 5.49. The normalized spacial score (nSPS) is 21.2. The van der Waals surface area contributed by atoms with Gasteiger partial charge in [0, 0.05) is 23.1 Å². The van der Waals surface area contributed by atoms with E-state index in [0.29, 0.717) is 5.56 Å². The summed E-state index contributed by atoms with van der Waals surface area (Å²) in [6.45, 7) is 0. The number of hydrogen-bond donors (Lipinski definition) is 0. The number of hydrogen-bond acceptors (Lipinski definition) is 4. The molecule has 0 N–H and O–H groups in total. The van der Waals surface area contributed by atoms with Crippen LogP contribution >= 0.6 is 11.3 Å². The first kappa shape index (κ1) is 15.0. The number of ketones is 1. The predicted molar refractivity (Wildman–Crippen MR) is 87.4 cm³/mol. The minimum Gasteiger partial charge on any atom is -0.292 e. The summed E-state index contributed by atoms with van der Waals surface area (Å²) in [6.07, 6.45) is 4.41. The second-order valence-corrected chi connectivity index (χ2v) is 7.86. The van der Waals surface area contributed by atoms with Gasteiger partial charge >= 0.3 is 0 Å². The second kappa shape index (κ2) is 5.70. The third-order valence-electron chi connectivity index (χ3n) is 3.70. The van der Waals surface area contributed by atoms with Crippen molar-refractivity contribution in [3.63, 3.8) is 0 Å². The predicted octanol–water partition coefficient (Wildman–Crippen LogP) is 2.87. The number of Topliss-reactive ketones (excluding diaryl/α,β-unsaturated/α-hetero) is 1. The monoisotopic (exact) mass is 333 g/mol. The van der Waals surface area contributed by atoms with E-state index in [0.717, 1.165) is 11.8 Å². The standard InChI is InChI=1S/C16H15NO3S2/c1-22(19,20)17-9-7-14(12-5-3-2-4-6-12)15(17)16(18)13-8-10-21-11-13/h2-11,14-15H,1H3/t14-,15+/m0/s1. The maximum Gasteiger partial charge on any atom is 0.232 e. The van der Waals surface area contributed by atoms with E-state index in [-0.39, 0.29) is 11.7 Å². The van der Waals surface area contributed by atoms with Gasteiger partial charge < -0.3 is 0 Å². The van der Waals surface area contributed by atoms with Crippen molar-refractivity contribution >= 4 is 27.1 Å². The Morgan fingerprint density at radius 1 is 1.18 bits per heavy atom. The van der Waals surface area contributed by atoms with Crippen LogP contribution < -0.4 is 0 Å². The molecule has 4 nitrogen and oxygen atoms in total. The highest BCUT2D eigenvalue weighted by Gasteiger charge is 2.40. The number of thiophene rings is 1. The van der Waals surface area contributed by atoms with Crippen LogP contribution in [0.5, 0.6) is 0 Å². The number of rotatable bonds is 4. The Bertz CT molecular complexity index is 795. The largest absolute Gasteiger partial charge is 0.292 e. The molecule has 114 valence electrons. The SMILES string of the molecule is CS(=O)(=O)N1C=C[C@@H](c2ccccc2)[C@@H]1C(=O)c1ccsc1. The maximum absolute atomic E-state index is 12.8. The zero-order valence-corrected chi connectivity index (χ0v) is 13.5. The Balaban J connectivity index is 2.04. The molecule has 0 saturated heterocycles. The molecule has 0 unspecified atom stereocenters. The fourth-order valence-corrected chi connectivity index (χ4v) is 4.25. The molecule has 2 aromatic rings. The van der Waals surface area contributed by atoms with Gasteiger partial charge in [-0.15, -0.1) is 0 Å². The molecule has 0 radical (unpaired) electrons. The van der Waals surface area contributed by atoms with Gasteiger partial charge in [-0.25, -0.2) is 8.42 Å². The van der Waals surface area contributed by atoms with Crippen molar-refractivity contribution in [3.05, 3.63) is 70.6 Å². The summed E-state index contributed by atoms with van der Waals surface area (Å²) >= 11 is 1.42. The smallest absolute Gasteiger partial charge is 0.232 e. The first-order chi connectivity index (χ1) is 10.5. The molecule has 6 heteroatoms. The molecule has 3 rings (SSSR count). The van der Waals surface area contributed by atoms with Crippen LogP contribution in [0.2, 0.25) is 0 Å². The van der Waals surface area contributed by atoms with Crippen molar-refractivity contribution in [1.82, 2.24) is 4.31 Å². The van der Waals surface area contributed by atoms with E-state index >= 15 is 0 Å². The van der Waals surface area contributed by atoms with Gasteiger partial charge in [0.25, 0.3) is 0 Å². The van der Waals surface area contributed by atoms with Crippen LogP contribution in [0.4, 0.5) is 0 Å². The third kappa shape index (κ3) is 2.71. The quantitative estimate of drug-likeness (QED) is 0.809. The van der Waals surface area contributed by atoms with Gasteiger partial charge in [-0.3, -0.25) is 9.10 Å². The van der Waals surface area contributed by atoms with Crippen LogP contribution in [0.1, 0.15) is 21.8 Å². The maximum atomic E-state index is 12.8. The van der Waals surface area contributed by atoms with Crippen molar-refractivity contribution in [2.24, 2.45) is 0 Å². The number of carbonyl (C=O) groups is 1. The molecule has 0 spiro atoms. The van der Waals surface area contributed by atoms with Gasteiger partial charge in [0.1, 0.15) is 6.04 Å². The van der Waals surface area contributed by atoms with Crippen LogP contribution in [0.15, 0.2) is 59.4 Å². The molecule has 0 fully saturated rings. The van der Waals surface area contributed by atoms with E-state index in [2.05, 4.69) is 0 Å². The molecule has 0 amide bonds. The van der Waals surface area contributed by atoms with Crippen LogP contribution in [-0.4, -0.2) is 30.8 Å². The first-order valence-corrected chi connectivity index (χ1v) is 9.56. The lowest BCUT2D eigenvalue weighted by atomic mass is 9.89. The number of nitrogens with zero attached hydrogens (tertiary/aromatic N) is 1. The fraction of sp³-hybridized carbons (Fsp3) is 0.188. The number of benzene rings is 1. The van der Waals surface area contributed by atoms with Crippen LogP contribution in [0, 0.1) is 0 Å². The summed E-state index contributed by atoms with van der Waals surface area (Å²) in [4.78, 5) is 12.8. The lowest BCUT2D eigenvalue weighted by Gasteiger charge is -2.26. The molecule has 2 heterocycles. The molecule has 0 saturated carbocycles. The van der Waals surface area contributed by atoms with E-state index in [1.807, 2.05) is 35.7 Å². The summed E-state index contributed by atoms with van der Waals surface area (Å²) < 4.78 is 25.2. The Morgan fingerprint density at radius 3 is 2.50 bits per heavy atom. The van der Waals surface area contributed by atoms with Gasteiger partial charge in [0.2, 0.25) is 10.0 Å². The first-order valence-electron chi connectivity index (χ1n) is 6.76. The van der Waals surface area contributed by atoms with Crippen LogP contribution in [0.3, 0.4) is 0 Å². The molecule has 1 aliphatic heterocycles. The molecule has 0 bridgehead atoms. The van der Waals surface area contributed by atoms with Gasteiger partial charge in [0.15, 0.2) is 5.78 Å². The Hall–Kier alpha value is -1.92. The minimum absolute atomic E-state index is 0.175. The summed E-state index contributed by atoms with van der Waals surface area (Å²) in [5.74, 6) is -0.450. The van der Waals surface area contributed by atoms with Gasteiger partial charge in [-0.05, 0) is 17.0 Å². The van der Waals surface area contributed by atoms with Crippen LogP contribution in [-0.2, 0) is 10.0 Å². The number of sulfonamides is 1. The van der Waals surface area contributed by atoms with Crippen molar-refractivity contribution < 1.29 is 13.2 Å². The summed E-state index contributed by atoms with van der Waals surface area (Å²) in [7, 11) is -3.50. The molecule has 1 aromatic heterocycles. The number of carbonyl (C=O) groups excluding carboxylic acids is 1. The van der Waals surface area contributed by atoms with Gasteiger partial charge in [-0.2, -0.15) is 11.3 Å². The minimum atomic E-state index is -3.50. The van der Waals surface area contributed by atoms with E-state index in [4.69, 9.17) is 0 Å². The van der Waals surface area contributed by atoms with Crippen molar-refractivity contribution in [3.8, 4) is 0 Å². The average Bonchev–Trinajstić information content (AvgIpc) is 3.16. The Kier molecular flexibility index (Phi) is 3.88. The molecule has 0 aliphatic carbocycles. The molecule has 1 aromatic carbocycles. The van der Waals surface area contributed by atoms with Gasteiger partial charge in [0.05, 0.1) is 6.26 Å². The second-order valence-electron chi connectivity index (χ2n) is 5.19. The summed E-state index contributed by atoms with van der Waals surface area (Å²) in [5.41, 5.74) is 1.48. The van der Waals surface area contributed by atoms with E-state index in [1.165, 1.54) is 21.8 Å². The zero-order valence-electron chi connectivity index (χ0n) is 11.9. The average molecular weight is 333 g/mol. The lowest BCUT2D eigenvalue weighted by molar-refractivity contribution is 0.0915. The van der Waals surface area contributed by atoms with Crippen molar-refractivity contribution in [2.75, 3.05) is 6.26 Å². The fourth-order valence-electron chi connectivity index (χ4n) is 2.67. The lowest BCUT2D eigenvalue weighted by Crippen LogP contribution is -2.41. The highest BCUT2D eigenvalue weighted by atomic mass is 32.2. The molecule has 22 heavy (non-hydrogen) atoms. The molecule has 1 aliphatic rings. The Morgan fingerprint density at radius 2 is 1.91 bits per heavy atom. The Labute approximate surface area is 133 Å². The molecular weight excluding hydrogens is 318 g/mol.